The highest BCUT2D eigenvalue weighted by Crippen LogP contribution is 2.34. The second-order valence-electron chi connectivity index (χ2n) is 6.44. The summed E-state index contributed by atoms with van der Waals surface area (Å²) < 4.78 is 43.0. The molecule has 0 bridgehead atoms. The molecule has 0 radical (unpaired) electrons. The summed E-state index contributed by atoms with van der Waals surface area (Å²) in [7, 11) is 0. The van der Waals surface area contributed by atoms with Crippen LogP contribution in [0.4, 0.5) is 18.9 Å². The fourth-order valence-corrected chi connectivity index (χ4v) is 3.60. The molecule has 1 amide bonds. The number of hydrogen-bond acceptors (Lipinski definition) is 2. The van der Waals surface area contributed by atoms with Crippen molar-refractivity contribution in [2.45, 2.75) is 33.2 Å². The average Bonchev–Trinajstić information content (AvgIpc) is 3.12. The van der Waals surface area contributed by atoms with Crippen LogP contribution in [0.25, 0.3) is 0 Å². The highest BCUT2D eigenvalue weighted by molar-refractivity contribution is 6.31. The second kappa shape index (κ2) is 9.34. The zero-order chi connectivity index (χ0) is 21.8. The third-order valence-corrected chi connectivity index (χ3v) is 5.02. The lowest BCUT2D eigenvalue weighted by molar-refractivity contribution is 0.0974. The molecule has 0 atom stereocenters. The molecule has 2 aromatic carbocycles. The van der Waals surface area contributed by atoms with Gasteiger partial charge in [0.15, 0.2) is 11.5 Å². The van der Waals surface area contributed by atoms with E-state index in [1.165, 1.54) is 27.8 Å². The molecule has 1 aliphatic rings. The summed E-state index contributed by atoms with van der Waals surface area (Å²) in [5, 5.41) is 4.05. The van der Waals surface area contributed by atoms with Crippen LogP contribution >= 0.6 is 11.6 Å². The number of amides is 1. The Balaban J connectivity index is 0.00000124. The first-order valence-corrected chi connectivity index (χ1v) is 10.0. The van der Waals surface area contributed by atoms with E-state index >= 15 is 0 Å². The van der Waals surface area contributed by atoms with Gasteiger partial charge in [0.05, 0.1) is 17.3 Å². The Morgan fingerprint density at radius 2 is 1.80 bits per heavy atom. The van der Waals surface area contributed by atoms with Gasteiger partial charge in [-0.1, -0.05) is 61.8 Å². The van der Waals surface area contributed by atoms with Gasteiger partial charge in [0.25, 0.3) is 12.3 Å². The van der Waals surface area contributed by atoms with Gasteiger partial charge in [0.2, 0.25) is 0 Å². The van der Waals surface area contributed by atoms with E-state index < -0.39 is 18.1 Å². The maximum absolute atomic E-state index is 14.4. The SMILES string of the molecule is CC.O=C1c2nn(Cc3ccccc3)c(C(F)F)c2CCN1c1cccc(Cl)c1F. The monoisotopic (exact) mass is 435 g/mol. The Morgan fingerprint density at radius 3 is 2.47 bits per heavy atom. The van der Waals surface area contributed by atoms with Crippen molar-refractivity contribution in [3.05, 3.63) is 81.9 Å². The average molecular weight is 436 g/mol. The van der Waals surface area contributed by atoms with Crippen LogP contribution in [-0.2, 0) is 13.0 Å². The van der Waals surface area contributed by atoms with E-state index in [0.29, 0.717) is 0 Å². The Labute approximate surface area is 177 Å². The molecular formula is C22H21ClF3N3O. The van der Waals surface area contributed by atoms with Gasteiger partial charge < -0.3 is 4.90 Å². The van der Waals surface area contributed by atoms with Gasteiger partial charge in [0.1, 0.15) is 5.69 Å². The lowest BCUT2D eigenvalue weighted by atomic mass is 10.0. The predicted molar refractivity (Wildman–Crippen MR) is 111 cm³/mol. The molecule has 0 saturated carbocycles. The summed E-state index contributed by atoms with van der Waals surface area (Å²) in [6, 6.07) is 13.4. The number of halogens is 4. The van der Waals surface area contributed by atoms with Crippen LogP contribution in [0.3, 0.4) is 0 Å². The Kier molecular flexibility index (Phi) is 6.82. The van der Waals surface area contributed by atoms with Crippen LogP contribution in [0.5, 0.6) is 0 Å². The second-order valence-corrected chi connectivity index (χ2v) is 6.84. The number of fused-ring (bicyclic) bond motifs is 1. The number of anilines is 1. The number of rotatable bonds is 4. The standard InChI is InChI=1S/C20H15ClF3N3O.C2H6/c21-14-7-4-8-15(16(14)22)26-10-9-13-17(20(26)28)25-27(18(13)19(23)24)11-12-5-2-1-3-6-12;1-2/h1-8,19H,9-11H2;1-2H3. The lowest BCUT2D eigenvalue weighted by Gasteiger charge is -2.27. The van der Waals surface area contributed by atoms with Gasteiger partial charge in [-0.05, 0) is 24.1 Å². The molecule has 0 aliphatic carbocycles. The number of aromatic nitrogens is 2. The summed E-state index contributed by atoms with van der Waals surface area (Å²) in [6.07, 6.45) is -2.62. The summed E-state index contributed by atoms with van der Waals surface area (Å²) in [6.45, 7) is 4.19. The third-order valence-electron chi connectivity index (χ3n) is 4.73. The van der Waals surface area contributed by atoms with Gasteiger partial charge in [-0.3, -0.25) is 9.48 Å². The zero-order valence-electron chi connectivity index (χ0n) is 16.6. The zero-order valence-corrected chi connectivity index (χ0v) is 17.3. The molecule has 1 aromatic heterocycles. The van der Waals surface area contributed by atoms with Crippen molar-refractivity contribution in [1.82, 2.24) is 9.78 Å². The molecule has 158 valence electrons. The molecule has 4 nitrogen and oxygen atoms in total. The van der Waals surface area contributed by atoms with Crippen molar-refractivity contribution in [1.29, 1.82) is 0 Å². The fourth-order valence-electron chi connectivity index (χ4n) is 3.44. The first-order chi connectivity index (χ1) is 14.5. The van der Waals surface area contributed by atoms with Gasteiger partial charge >= 0.3 is 0 Å². The van der Waals surface area contributed by atoms with Crippen molar-refractivity contribution < 1.29 is 18.0 Å². The number of carbonyl (C=O) groups excluding carboxylic acids is 1. The van der Waals surface area contributed by atoms with Crippen molar-refractivity contribution in [3.63, 3.8) is 0 Å². The maximum Gasteiger partial charge on any atom is 0.280 e. The molecular weight excluding hydrogens is 415 g/mol. The Morgan fingerprint density at radius 1 is 1.10 bits per heavy atom. The first kappa shape index (κ1) is 21.9. The van der Waals surface area contributed by atoms with Crippen molar-refractivity contribution in [2.24, 2.45) is 0 Å². The van der Waals surface area contributed by atoms with Crippen molar-refractivity contribution in [2.75, 3.05) is 11.4 Å². The van der Waals surface area contributed by atoms with Gasteiger partial charge in [-0.15, -0.1) is 0 Å². The number of alkyl halides is 2. The molecule has 1 aliphatic heterocycles. The summed E-state index contributed by atoms with van der Waals surface area (Å²) in [4.78, 5) is 14.1. The predicted octanol–water partition coefficient (Wildman–Crippen LogP) is 5.89. The van der Waals surface area contributed by atoms with E-state index in [-0.39, 0.29) is 47.2 Å². The smallest absolute Gasteiger partial charge is 0.280 e. The maximum atomic E-state index is 14.4. The van der Waals surface area contributed by atoms with Gasteiger partial charge in [-0.25, -0.2) is 13.2 Å². The quantitative estimate of drug-likeness (QED) is 0.512. The highest BCUT2D eigenvalue weighted by atomic mass is 35.5. The summed E-state index contributed by atoms with van der Waals surface area (Å²) in [5.74, 6) is -1.34. The molecule has 3 aromatic rings. The topological polar surface area (TPSA) is 38.1 Å². The number of benzene rings is 2. The minimum atomic E-state index is -2.78. The van der Waals surface area contributed by atoms with Gasteiger partial charge in [0, 0.05) is 12.1 Å². The normalized spacial score (nSPS) is 13.2. The van der Waals surface area contributed by atoms with Crippen LogP contribution in [0, 0.1) is 5.82 Å². The Hall–Kier alpha value is -2.80. The largest absolute Gasteiger partial charge is 0.304 e. The van der Waals surface area contributed by atoms with Crippen LogP contribution in [0.15, 0.2) is 48.5 Å². The van der Waals surface area contributed by atoms with E-state index in [1.807, 2.05) is 19.9 Å². The molecule has 0 fully saturated rings. The van der Waals surface area contributed by atoms with E-state index in [1.54, 1.807) is 24.3 Å². The van der Waals surface area contributed by atoms with Crippen LogP contribution in [0.1, 0.15) is 47.6 Å². The molecule has 30 heavy (non-hydrogen) atoms. The molecule has 0 saturated heterocycles. The van der Waals surface area contributed by atoms with Crippen molar-refractivity contribution >= 4 is 23.2 Å². The minimum absolute atomic E-state index is 0.0133. The summed E-state index contributed by atoms with van der Waals surface area (Å²) in [5.41, 5.74) is 0.679. The molecule has 8 heteroatoms. The highest BCUT2D eigenvalue weighted by Gasteiger charge is 2.35. The van der Waals surface area contributed by atoms with Crippen LogP contribution < -0.4 is 4.90 Å². The minimum Gasteiger partial charge on any atom is -0.304 e. The Bertz CT molecular complexity index is 1040. The van der Waals surface area contributed by atoms with E-state index in [2.05, 4.69) is 5.10 Å². The number of carbonyl (C=O) groups is 1. The lowest BCUT2D eigenvalue weighted by Crippen LogP contribution is -2.38. The van der Waals surface area contributed by atoms with Crippen LogP contribution in [0.2, 0.25) is 5.02 Å². The van der Waals surface area contributed by atoms with Crippen molar-refractivity contribution in [3.8, 4) is 0 Å². The van der Waals surface area contributed by atoms with E-state index in [4.69, 9.17) is 11.6 Å². The molecule has 2 heterocycles. The fraction of sp³-hybridized carbons (Fsp3) is 0.273. The molecule has 0 N–H and O–H groups in total. The third kappa shape index (κ3) is 4.07. The first-order valence-electron chi connectivity index (χ1n) is 9.65. The van der Waals surface area contributed by atoms with Gasteiger partial charge in [-0.2, -0.15) is 5.10 Å². The number of nitrogens with zero attached hydrogens (tertiary/aromatic N) is 3. The molecule has 0 spiro atoms. The van der Waals surface area contributed by atoms with E-state index in [9.17, 15) is 18.0 Å². The van der Waals surface area contributed by atoms with E-state index in [0.717, 1.165) is 5.56 Å². The summed E-state index contributed by atoms with van der Waals surface area (Å²) >= 11 is 5.81. The number of hydrogen-bond donors (Lipinski definition) is 0. The molecule has 4 rings (SSSR count). The molecule has 0 unspecified atom stereocenters. The van der Waals surface area contributed by atoms with Crippen LogP contribution in [-0.4, -0.2) is 22.2 Å².